The average molecular weight is 357 g/mol. The summed E-state index contributed by atoms with van der Waals surface area (Å²) < 4.78 is 4.97. The third-order valence-corrected chi connectivity index (χ3v) is 4.51. The largest absolute Gasteiger partial charge is 0.461 e. The first-order chi connectivity index (χ1) is 12.5. The minimum Gasteiger partial charge on any atom is -0.461 e. The fraction of sp³-hybridized carbons (Fsp3) is 0.421. The molecule has 0 radical (unpaired) electrons. The number of likely N-dealkylation sites (tertiary alicyclic amines) is 1. The van der Waals surface area contributed by atoms with Gasteiger partial charge in [0.25, 0.3) is 5.91 Å². The predicted molar refractivity (Wildman–Crippen MR) is 97.0 cm³/mol. The van der Waals surface area contributed by atoms with Gasteiger partial charge in [0.05, 0.1) is 6.61 Å². The molecule has 138 valence electrons. The van der Waals surface area contributed by atoms with E-state index in [0.29, 0.717) is 17.9 Å². The Morgan fingerprint density at radius 1 is 1.23 bits per heavy atom. The number of carbonyl (C=O) groups is 3. The third kappa shape index (κ3) is 3.71. The molecule has 1 aromatic carbocycles. The number of rotatable bonds is 5. The standard InChI is InChI=1S/C19H23N3O4/c1-3-26-19(25)16-11-14-10-13(6-7-15(14)21-16)17(23)20-12(2)18(24)22-8-4-5-9-22/h6-7,10-12,21H,3-5,8-9H2,1-2H3,(H,20,23). The lowest BCUT2D eigenvalue weighted by molar-refractivity contribution is -0.131. The second-order valence-corrected chi connectivity index (χ2v) is 6.43. The highest BCUT2D eigenvalue weighted by Gasteiger charge is 2.24. The molecule has 7 heteroatoms. The Morgan fingerprint density at radius 2 is 1.96 bits per heavy atom. The summed E-state index contributed by atoms with van der Waals surface area (Å²) in [6.45, 7) is 5.25. The highest BCUT2D eigenvalue weighted by Crippen LogP contribution is 2.18. The van der Waals surface area contributed by atoms with Crippen LogP contribution in [0.25, 0.3) is 10.9 Å². The number of fused-ring (bicyclic) bond motifs is 1. The van der Waals surface area contributed by atoms with Crippen molar-refractivity contribution < 1.29 is 19.1 Å². The summed E-state index contributed by atoms with van der Waals surface area (Å²) in [6, 6.07) is 6.17. The second-order valence-electron chi connectivity index (χ2n) is 6.43. The van der Waals surface area contributed by atoms with E-state index in [1.807, 2.05) is 0 Å². The van der Waals surface area contributed by atoms with Crippen LogP contribution < -0.4 is 5.32 Å². The maximum absolute atomic E-state index is 12.5. The van der Waals surface area contributed by atoms with Crippen molar-refractivity contribution in [3.05, 3.63) is 35.5 Å². The number of ether oxygens (including phenoxy) is 1. The van der Waals surface area contributed by atoms with Gasteiger partial charge < -0.3 is 19.9 Å². The number of hydrogen-bond acceptors (Lipinski definition) is 4. The molecule has 1 unspecified atom stereocenters. The highest BCUT2D eigenvalue weighted by atomic mass is 16.5. The number of benzene rings is 1. The number of carbonyl (C=O) groups excluding carboxylic acids is 3. The summed E-state index contributed by atoms with van der Waals surface area (Å²) in [5, 5.41) is 3.49. The molecule has 1 saturated heterocycles. The number of H-pyrrole nitrogens is 1. The molecule has 2 N–H and O–H groups in total. The molecule has 1 aliphatic rings. The number of amides is 2. The smallest absolute Gasteiger partial charge is 0.354 e. The number of aromatic amines is 1. The minimum absolute atomic E-state index is 0.0526. The lowest BCUT2D eigenvalue weighted by Gasteiger charge is -2.21. The van der Waals surface area contributed by atoms with E-state index in [2.05, 4.69) is 10.3 Å². The summed E-state index contributed by atoms with van der Waals surface area (Å²) in [4.78, 5) is 41.4. The quantitative estimate of drug-likeness (QED) is 0.802. The van der Waals surface area contributed by atoms with Crippen molar-refractivity contribution in [2.75, 3.05) is 19.7 Å². The van der Waals surface area contributed by atoms with Crippen molar-refractivity contribution in [1.29, 1.82) is 0 Å². The normalized spacial score (nSPS) is 15.1. The van der Waals surface area contributed by atoms with Crippen LogP contribution in [-0.2, 0) is 9.53 Å². The maximum atomic E-state index is 12.5. The van der Waals surface area contributed by atoms with Gasteiger partial charge in [0, 0.05) is 29.6 Å². The monoisotopic (exact) mass is 357 g/mol. The Bertz CT molecular complexity index is 836. The molecule has 0 bridgehead atoms. The number of hydrogen-bond donors (Lipinski definition) is 2. The SMILES string of the molecule is CCOC(=O)c1cc2cc(C(=O)NC(C)C(=O)N3CCCC3)ccc2[nH]1. The first-order valence-corrected chi connectivity index (χ1v) is 8.89. The first-order valence-electron chi connectivity index (χ1n) is 8.89. The molecule has 0 spiro atoms. The minimum atomic E-state index is -0.572. The van der Waals surface area contributed by atoms with Crippen molar-refractivity contribution in [3.8, 4) is 0 Å². The van der Waals surface area contributed by atoms with Crippen molar-refractivity contribution >= 4 is 28.7 Å². The summed E-state index contributed by atoms with van der Waals surface area (Å²) in [5.41, 5.74) is 1.52. The Kier molecular flexibility index (Phi) is 5.25. The first kappa shape index (κ1) is 18.0. The van der Waals surface area contributed by atoms with Crippen LogP contribution in [0.5, 0.6) is 0 Å². The van der Waals surface area contributed by atoms with E-state index in [-0.39, 0.29) is 11.8 Å². The summed E-state index contributed by atoms with van der Waals surface area (Å²) in [6.07, 6.45) is 2.03. The fourth-order valence-electron chi connectivity index (χ4n) is 3.15. The molecule has 1 aliphatic heterocycles. The van der Waals surface area contributed by atoms with Crippen LogP contribution >= 0.6 is 0 Å². The average Bonchev–Trinajstić information content (AvgIpc) is 3.30. The molecule has 1 atom stereocenters. The molecule has 2 amide bonds. The molecule has 1 fully saturated rings. The topological polar surface area (TPSA) is 91.5 Å². The summed E-state index contributed by atoms with van der Waals surface area (Å²) in [7, 11) is 0. The van der Waals surface area contributed by atoms with Gasteiger partial charge in [-0.1, -0.05) is 0 Å². The van der Waals surface area contributed by atoms with E-state index >= 15 is 0 Å². The second kappa shape index (κ2) is 7.59. The molecule has 3 rings (SSSR count). The van der Waals surface area contributed by atoms with E-state index in [0.717, 1.165) is 36.8 Å². The molecule has 7 nitrogen and oxygen atoms in total. The van der Waals surface area contributed by atoms with Gasteiger partial charge in [-0.15, -0.1) is 0 Å². The van der Waals surface area contributed by atoms with Gasteiger partial charge in [-0.25, -0.2) is 4.79 Å². The van der Waals surface area contributed by atoms with Gasteiger partial charge in [-0.3, -0.25) is 9.59 Å². The molecule has 0 saturated carbocycles. The highest BCUT2D eigenvalue weighted by molar-refractivity contribution is 6.02. The Labute approximate surface area is 151 Å². The van der Waals surface area contributed by atoms with Crippen molar-refractivity contribution in [3.63, 3.8) is 0 Å². The maximum Gasteiger partial charge on any atom is 0.354 e. The molecule has 2 heterocycles. The third-order valence-electron chi connectivity index (χ3n) is 4.51. The van der Waals surface area contributed by atoms with Gasteiger partial charge in [0.15, 0.2) is 0 Å². The molecule has 0 aliphatic carbocycles. The van der Waals surface area contributed by atoms with E-state index < -0.39 is 12.0 Å². The predicted octanol–water partition coefficient (Wildman–Crippen LogP) is 2.09. The number of nitrogens with one attached hydrogen (secondary N) is 2. The van der Waals surface area contributed by atoms with Crippen LogP contribution in [0.2, 0.25) is 0 Å². The Balaban J connectivity index is 1.71. The molecule has 1 aromatic heterocycles. The van der Waals surface area contributed by atoms with Crippen LogP contribution in [0, 0.1) is 0 Å². The van der Waals surface area contributed by atoms with Crippen LogP contribution in [0.15, 0.2) is 24.3 Å². The number of aromatic nitrogens is 1. The number of esters is 1. The van der Waals surface area contributed by atoms with Crippen LogP contribution in [0.1, 0.15) is 47.5 Å². The van der Waals surface area contributed by atoms with E-state index in [4.69, 9.17) is 4.74 Å². The van der Waals surface area contributed by atoms with E-state index in [1.165, 1.54) is 0 Å². The van der Waals surface area contributed by atoms with Gasteiger partial charge in [-0.2, -0.15) is 0 Å². The summed E-state index contributed by atoms with van der Waals surface area (Å²) >= 11 is 0. The van der Waals surface area contributed by atoms with Crippen molar-refractivity contribution in [1.82, 2.24) is 15.2 Å². The number of nitrogens with zero attached hydrogens (tertiary/aromatic N) is 1. The zero-order valence-electron chi connectivity index (χ0n) is 15.0. The summed E-state index contributed by atoms with van der Waals surface area (Å²) in [5.74, 6) is -0.798. The van der Waals surface area contributed by atoms with E-state index in [1.54, 1.807) is 43.0 Å². The lowest BCUT2D eigenvalue weighted by Crippen LogP contribution is -2.45. The van der Waals surface area contributed by atoms with Crippen LogP contribution in [-0.4, -0.2) is 53.4 Å². The van der Waals surface area contributed by atoms with Crippen molar-refractivity contribution in [2.24, 2.45) is 0 Å². The van der Waals surface area contributed by atoms with Crippen molar-refractivity contribution in [2.45, 2.75) is 32.7 Å². The van der Waals surface area contributed by atoms with E-state index in [9.17, 15) is 14.4 Å². The van der Waals surface area contributed by atoms with Crippen LogP contribution in [0.4, 0.5) is 0 Å². The van der Waals surface area contributed by atoms with Crippen LogP contribution in [0.3, 0.4) is 0 Å². The van der Waals surface area contributed by atoms with Gasteiger partial charge in [-0.05, 0) is 51.0 Å². The molecular formula is C19H23N3O4. The van der Waals surface area contributed by atoms with Gasteiger partial charge in [0.1, 0.15) is 11.7 Å². The lowest BCUT2D eigenvalue weighted by atomic mass is 10.1. The van der Waals surface area contributed by atoms with Gasteiger partial charge in [0.2, 0.25) is 5.91 Å². The Morgan fingerprint density at radius 3 is 2.65 bits per heavy atom. The zero-order chi connectivity index (χ0) is 18.7. The zero-order valence-corrected chi connectivity index (χ0v) is 15.0. The fourth-order valence-corrected chi connectivity index (χ4v) is 3.15. The molecule has 2 aromatic rings. The molecular weight excluding hydrogens is 334 g/mol. The molecule has 26 heavy (non-hydrogen) atoms. The van der Waals surface area contributed by atoms with Gasteiger partial charge >= 0.3 is 5.97 Å². The Hall–Kier alpha value is -2.83.